The predicted octanol–water partition coefficient (Wildman–Crippen LogP) is 4.54. The van der Waals surface area contributed by atoms with Crippen LogP contribution in [0.15, 0.2) is 90.3 Å². The SMILES string of the molecule is Cc1csc(CN(C)C(=O)c2cccc(C(=O)NNC(=O)[C](Cc3ccccc3)Cc3ccccc3)c2)n1. The van der Waals surface area contributed by atoms with Crippen LogP contribution in [0.1, 0.15) is 42.5 Å². The minimum Gasteiger partial charge on any atom is -0.335 e. The Balaban J connectivity index is 1.39. The predicted molar refractivity (Wildman–Crippen MR) is 148 cm³/mol. The van der Waals surface area contributed by atoms with E-state index in [4.69, 9.17) is 0 Å². The Morgan fingerprint density at radius 1 is 0.816 bits per heavy atom. The van der Waals surface area contributed by atoms with E-state index in [9.17, 15) is 14.4 Å². The van der Waals surface area contributed by atoms with Gasteiger partial charge in [-0.2, -0.15) is 0 Å². The summed E-state index contributed by atoms with van der Waals surface area (Å²) in [7, 11) is 1.70. The maximum atomic E-state index is 13.1. The van der Waals surface area contributed by atoms with Gasteiger partial charge in [-0.1, -0.05) is 66.7 Å². The maximum Gasteiger partial charge on any atom is 0.269 e. The number of hydrogen-bond acceptors (Lipinski definition) is 5. The maximum absolute atomic E-state index is 13.1. The van der Waals surface area contributed by atoms with E-state index in [-0.39, 0.29) is 17.4 Å². The molecule has 0 spiro atoms. The number of nitrogens with zero attached hydrogens (tertiary/aromatic N) is 2. The van der Waals surface area contributed by atoms with Gasteiger partial charge in [-0.3, -0.25) is 25.2 Å². The summed E-state index contributed by atoms with van der Waals surface area (Å²) in [4.78, 5) is 44.8. The lowest BCUT2D eigenvalue weighted by molar-refractivity contribution is -0.120. The second-order valence-corrected chi connectivity index (χ2v) is 9.90. The van der Waals surface area contributed by atoms with Crippen molar-refractivity contribution in [1.82, 2.24) is 20.7 Å². The summed E-state index contributed by atoms with van der Waals surface area (Å²) in [6.07, 6.45) is 0.902. The van der Waals surface area contributed by atoms with Crippen LogP contribution in [0.2, 0.25) is 0 Å². The van der Waals surface area contributed by atoms with Gasteiger partial charge in [-0.05, 0) is 49.1 Å². The summed E-state index contributed by atoms with van der Waals surface area (Å²) in [6.45, 7) is 2.29. The van der Waals surface area contributed by atoms with Crippen molar-refractivity contribution >= 4 is 29.1 Å². The van der Waals surface area contributed by atoms with Gasteiger partial charge < -0.3 is 4.90 Å². The molecule has 1 aromatic heterocycles. The number of carbonyl (C=O) groups excluding carboxylic acids is 3. The topological polar surface area (TPSA) is 91.4 Å². The lowest BCUT2D eigenvalue weighted by atomic mass is 9.92. The summed E-state index contributed by atoms with van der Waals surface area (Å²) in [6, 6.07) is 25.9. The number of aryl methyl sites for hydroxylation is 1. The molecule has 3 amide bonds. The van der Waals surface area contributed by atoms with Crippen LogP contribution in [0, 0.1) is 12.8 Å². The highest BCUT2D eigenvalue weighted by atomic mass is 32.1. The molecule has 193 valence electrons. The highest BCUT2D eigenvalue weighted by molar-refractivity contribution is 7.09. The summed E-state index contributed by atoms with van der Waals surface area (Å²) in [5.74, 6) is -0.481. The monoisotopic (exact) mass is 525 g/mol. The van der Waals surface area contributed by atoms with E-state index in [1.165, 1.54) is 17.4 Å². The van der Waals surface area contributed by atoms with E-state index >= 15 is 0 Å². The van der Waals surface area contributed by atoms with E-state index in [2.05, 4.69) is 15.8 Å². The normalized spacial score (nSPS) is 10.7. The fraction of sp³-hybridized carbons (Fsp3) is 0.167. The van der Waals surface area contributed by atoms with Gasteiger partial charge in [0, 0.05) is 29.2 Å². The van der Waals surface area contributed by atoms with Crippen LogP contribution in [0.3, 0.4) is 0 Å². The van der Waals surface area contributed by atoms with Gasteiger partial charge >= 0.3 is 0 Å². The highest BCUT2D eigenvalue weighted by Crippen LogP contribution is 2.17. The van der Waals surface area contributed by atoms with Crippen molar-refractivity contribution in [2.45, 2.75) is 26.3 Å². The second-order valence-electron chi connectivity index (χ2n) is 8.96. The van der Waals surface area contributed by atoms with E-state index in [0.717, 1.165) is 21.8 Å². The first-order valence-electron chi connectivity index (χ1n) is 12.2. The number of hydrazine groups is 1. The Morgan fingerprint density at radius 2 is 1.42 bits per heavy atom. The Labute approximate surface area is 226 Å². The Hall–Kier alpha value is -4.30. The van der Waals surface area contributed by atoms with Crippen LogP contribution in [-0.4, -0.2) is 34.7 Å². The first-order valence-corrected chi connectivity index (χ1v) is 13.1. The van der Waals surface area contributed by atoms with Gasteiger partial charge in [0.15, 0.2) is 0 Å². The molecule has 4 rings (SSSR count). The van der Waals surface area contributed by atoms with Crippen LogP contribution >= 0.6 is 11.3 Å². The number of benzene rings is 3. The number of thiazole rings is 1. The summed E-state index contributed by atoms with van der Waals surface area (Å²) < 4.78 is 0. The quantitative estimate of drug-likeness (QED) is 0.314. The van der Waals surface area contributed by atoms with E-state index in [1.807, 2.05) is 73.0 Å². The Morgan fingerprint density at radius 3 is 2.00 bits per heavy atom. The molecule has 0 bridgehead atoms. The van der Waals surface area contributed by atoms with Gasteiger partial charge in [0.1, 0.15) is 5.01 Å². The molecule has 0 saturated heterocycles. The smallest absolute Gasteiger partial charge is 0.269 e. The Bertz CT molecular complexity index is 1350. The number of rotatable bonds is 9. The van der Waals surface area contributed by atoms with Crippen molar-refractivity contribution in [2.24, 2.45) is 0 Å². The summed E-state index contributed by atoms with van der Waals surface area (Å²) in [5, 5.41) is 2.78. The molecule has 0 unspecified atom stereocenters. The zero-order valence-corrected chi connectivity index (χ0v) is 22.1. The van der Waals surface area contributed by atoms with E-state index in [1.54, 1.807) is 30.1 Å². The molecule has 0 fully saturated rings. The minimum absolute atomic E-state index is 0.224. The van der Waals surface area contributed by atoms with Gasteiger partial charge in [0.2, 0.25) is 5.91 Å². The molecule has 1 radical (unpaired) electrons. The number of aromatic nitrogens is 1. The van der Waals surface area contributed by atoms with Crippen LogP contribution in [0.25, 0.3) is 0 Å². The van der Waals surface area contributed by atoms with E-state index in [0.29, 0.717) is 30.9 Å². The standard InChI is InChI=1S/C30H29N4O3S/c1-21-20-38-27(31-21)19-34(2)30(37)25-15-9-14-24(18-25)28(35)32-33-29(36)26(16-22-10-5-3-6-11-22)17-23-12-7-4-8-13-23/h3-15,18,20H,16-17,19H2,1-2H3,(H,32,35)(H,33,36). The fourth-order valence-corrected chi connectivity index (χ4v) is 4.77. The molecule has 0 aliphatic heterocycles. The average Bonchev–Trinajstić information content (AvgIpc) is 3.36. The van der Waals surface area contributed by atoms with Gasteiger partial charge in [0.25, 0.3) is 11.8 Å². The summed E-state index contributed by atoms with van der Waals surface area (Å²) >= 11 is 1.50. The van der Waals surface area contributed by atoms with Crippen LogP contribution < -0.4 is 10.9 Å². The molecule has 1 heterocycles. The molecular weight excluding hydrogens is 496 g/mol. The molecule has 2 N–H and O–H groups in total. The van der Waals surface area contributed by atoms with Gasteiger partial charge in [-0.15, -0.1) is 11.3 Å². The summed E-state index contributed by atoms with van der Waals surface area (Å²) in [5.41, 5.74) is 8.61. The lowest BCUT2D eigenvalue weighted by Gasteiger charge is -2.18. The number of amides is 3. The van der Waals surface area contributed by atoms with Crippen molar-refractivity contribution < 1.29 is 14.4 Å². The van der Waals surface area contributed by atoms with Crippen molar-refractivity contribution in [3.05, 3.63) is 129 Å². The average molecular weight is 526 g/mol. The van der Waals surface area contributed by atoms with Crippen molar-refractivity contribution in [3.63, 3.8) is 0 Å². The van der Waals surface area contributed by atoms with Crippen molar-refractivity contribution in [2.75, 3.05) is 7.05 Å². The zero-order chi connectivity index (χ0) is 26.9. The molecular formula is C30H29N4O3S. The number of nitrogens with one attached hydrogen (secondary N) is 2. The first-order chi connectivity index (χ1) is 18.4. The van der Waals surface area contributed by atoms with Crippen LogP contribution in [-0.2, 0) is 24.2 Å². The molecule has 0 aliphatic carbocycles. The van der Waals surface area contributed by atoms with E-state index < -0.39 is 5.91 Å². The molecule has 8 heteroatoms. The van der Waals surface area contributed by atoms with Crippen molar-refractivity contribution in [1.29, 1.82) is 0 Å². The van der Waals surface area contributed by atoms with Gasteiger partial charge in [0.05, 0.1) is 12.5 Å². The molecule has 38 heavy (non-hydrogen) atoms. The lowest BCUT2D eigenvalue weighted by Crippen LogP contribution is -2.45. The highest BCUT2D eigenvalue weighted by Gasteiger charge is 2.22. The number of carbonyl (C=O) groups is 3. The third kappa shape index (κ3) is 7.36. The zero-order valence-electron chi connectivity index (χ0n) is 21.3. The van der Waals surface area contributed by atoms with Crippen LogP contribution in [0.4, 0.5) is 0 Å². The van der Waals surface area contributed by atoms with Crippen LogP contribution in [0.5, 0.6) is 0 Å². The molecule has 0 aliphatic rings. The first kappa shape index (κ1) is 26.8. The van der Waals surface area contributed by atoms with Crippen molar-refractivity contribution in [3.8, 4) is 0 Å². The second kappa shape index (κ2) is 12.8. The van der Waals surface area contributed by atoms with Gasteiger partial charge in [-0.25, -0.2) is 4.98 Å². The Kier molecular flexibility index (Phi) is 9.00. The molecule has 3 aromatic carbocycles. The minimum atomic E-state index is -0.509. The number of hydrogen-bond donors (Lipinski definition) is 2. The third-order valence-corrected chi connectivity index (χ3v) is 6.84. The largest absolute Gasteiger partial charge is 0.335 e. The fourth-order valence-electron chi connectivity index (χ4n) is 3.95. The third-order valence-electron chi connectivity index (χ3n) is 5.89. The molecule has 4 aromatic rings. The molecule has 7 nitrogen and oxygen atoms in total. The molecule has 0 atom stereocenters. The molecule has 0 saturated carbocycles.